The minimum Gasteiger partial charge on any atom is -0.480 e. The van der Waals surface area contributed by atoms with Crippen LogP contribution in [0.1, 0.15) is 42.6 Å². The summed E-state index contributed by atoms with van der Waals surface area (Å²) in [6.45, 7) is 4.38. The molecule has 1 aromatic carbocycles. The Bertz CT molecular complexity index is 751. The zero-order chi connectivity index (χ0) is 17.4. The molecule has 0 atom stereocenters. The second-order valence-electron chi connectivity index (χ2n) is 6.26. The van der Waals surface area contributed by atoms with Gasteiger partial charge in [-0.25, -0.2) is 17.9 Å². The van der Waals surface area contributed by atoms with E-state index in [9.17, 15) is 18.0 Å². The lowest BCUT2D eigenvalue weighted by molar-refractivity contribution is -0.143. The molecule has 2 rings (SSSR count). The number of rotatable bonds is 6. The summed E-state index contributed by atoms with van der Waals surface area (Å²) >= 11 is 0. The number of hydrogen-bond donors (Lipinski definition) is 3. The molecule has 1 saturated carbocycles. The first-order valence-electron chi connectivity index (χ1n) is 7.22. The molecular weight excluding hydrogens is 320 g/mol. The van der Waals surface area contributed by atoms with E-state index in [1.54, 1.807) is 6.92 Å². The summed E-state index contributed by atoms with van der Waals surface area (Å²) in [7, 11) is -3.68. The van der Waals surface area contributed by atoms with Crippen molar-refractivity contribution in [1.82, 2.24) is 10.0 Å². The van der Waals surface area contributed by atoms with Gasteiger partial charge in [0.05, 0.1) is 4.90 Å². The van der Waals surface area contributed by atoms with Crippen LogP contribution in [0.3, 0.4) is 0 Å². The van der Waals surface area contributed by atoms with Crippen molar-refractivity contribution in [3.8, 4) is 0 Å². The highest BCUT2D eigenvalue weighted by Gasteiger charge is 2.31. The van der Waals surface area contributed by atoms with Crippen LogP contribution in [0.25, 0.3) is 0 Å². The highest BCUT2D eigenvalue weighted by molar-refractivity contribution is 7.89. The summed E-state index contributed by atoms with van der Waals surface area (Å²) in [5.41, 5.74) is -0.753. The number of sulfonamides is 1. The summed E-state index contributed by atoms with van der Waals surface area (Å²) in [5.74, 6) is -1.80. The smallest absolute Gasteiger partial charge is 0.328 e. The Labute approximate surface area is 135 Å². The van der Waals surface area contributed by atoms with Gasteiger partial charge >= 0.3 is 5.97 Å². The van der Waals surface area contributed by atoms with Gasteiger partial charge in [-0.2, -0.15) is 0 Å². The van der Waals surface area contributed by atoms with Gasteiger partial charge in [0.2, 0.25) is 10.0 Å². The maximum absolute atomic E-state index is 12.3. The predicted molar refractivity (Wildman–Crippen MR) is 83.7 cm³/mol. The lowest BCUT2D eigenvalue weighted by Crippen LogP contribution is -2.49. The quantitative estimate of drug-likeness (QED) is 0.716. The second-order valence-corrected chi connectivity index (χ2v) is 7.97. The fraction of sp³-hybridized carbons (Fsp3) is 0.467. The normalized spacial score (nSPS) is 15.3. The van der Waals surface area contributed by atoms with Gasteiger partial charge in [-0.05, 0) is 51.3 Å². The Hall–Kier alpha value is -1.93. The van der Waals surface area contributed by atoms with Crippen molar-refractivity contribution < 1.29 is 23.1 Å². The highest BCUT2D eigenvalue weighted by Crippen LogP contribution is 2.23. The third-order valence-corrected chi connectivity index (χ3v) is 5.14. The molecule has 0 spiro atoms. The predicted octanol–water partition coefficient (Wildman–Crippen LogP) is 1.03. The lowest BCUT2D eigenvalue weighted by atomic mass is 10.0. The summed E-state index contributed by atoms with van der Waals surface area (Å²) in [5, 5.41) is 11.5. The van der Waals surface area contributed by atoms with Crippen LogP contribution in [-0.4, -0.2) is 37.0 Å². The SMILES string of the molecule is Cc1ccc(S(=O)(=O)NC2CC2)cc1C(=O)NC(C)(C)C(=O)O. The van der Waals surface area contributed by atoms with Crippen LogP contribution in [0.4, 0.5) is 0 Å². The Morgan fingerprint density at radius 1 is 1.26 bits per heavy atom. The molecule has 0 unspecified atom stereocenters. The molecule has 1 fully saturated rings. The average molecular weight is 340 g/mol. The third kappa shape index (κ3) is 4.08. The minimum atomic E-state index is -3.68. The Morgan fingerprint density at radius 3 is 2.39 bits per heavy atom. The van der Waals surface area contributed by atoms with E-state index in [1.807, 2.05) is 0 Å². The molecular formula is C15H20N2O5S. The molecule has 0 saturated heterocycles. The van der Waals surface area contributed by atoms with Gasteiger partial charge in [0.15, 0.2) is 0 Å². The number of aliphatic carboxylic acids is 1. The number of carboxylic acids is 1. The van der Waals surface area contributed by atoms with Crippen molar-refractivity contribution in [1.29, 1.82) is 0 Å². The number of nitrogens with one attached hydrogen (secondary N) is 2. The number of carbonyl (C=O) groups excluding carboxylic acids is 1. The molecule has 3 N–H and O–H groups in total. The standard InChI is InChI=1S/C15H20N2O5S/c1-9-4-7-11(23(21,22)17-10-5-6-10)8-12(9)13(18)16-15(2,3)14(19)20/h4,7-8,10,17H,5-6H2,1-3H3,(H,16,18)(H,19,20). The Balaban J connectivity index is 2.30. The van der Waals surface area contributed by atoms with Gasteiger partial charge in [0, 0.05) is 11.6 Å². The molecule has 1 amide bonds. The van der Waals surface area contributed by atoms with Crippen molar-refractivity contribution >= 4 is 21.9 Å². The molecule has 23 heavy (non-hydrogen) atoms. The van der Waals surface area contributed by atoms with Crippen LogP contribution in [0.2, 0.25) is 0 Å². The summed E-state index contributed by atoms with van der Waals surface area (Å²) in [6, 6.07) is 4.20. The molecule has 8 heteroatoms. The molecule has 0 heterocycles. The molecule has 1 aliphatic rings. The first-order chi connectivity index (χ1) is 10.5. The summed E-state index contributed by atoms with van der Waals surface area (Å²) in [6.07, 6.45) is 1.62. The maximum Gasteiger partial charge on any atom is 0.328 e. The Morgan fingerprint density at radius 2 is 1.87 bits per heavy atom. The van der Waals surface area contributed by atoms with Crippen molar-refractivity contribution in [2.24, 2.45) is 0 Å². The van der Waals surface area contributed by atoms with Gasteiger partial charge < -0.3 is 10.4 Å². The van der Waals surface area contributed by atoms with E-state index in [0.717, 1.165) is 12.8 Å². The zero-order valence-electron chi connectivity index (χ0n) is 13.2. The molecule has 126 valence electrons. The number of benzene rings is 1. The van der Waals surface area contributed by atoms with Gasteiger partial charge in [-0.3, -0.25) is 4.79 Å². The molecule has 1 aliphatic carbocycles. The van der Waals surface area contributed by atoms with Gasteiger partial charge in [-0.1, -0.05) is 6.07 Å². The Kier molecular flexibility index (Phi) is 4.50. The largest absolute Gasteiger partial charge is 0.480 e. The second kappa shape index (κ2) is 5.93. The first kappa shape index (κ1) is 17.4. The van der Waals surface area contributed by atoms with E-state index in [2.05, 4.69) is 10.0 Å². The lowest BCUT2D eigenvalue weighted by Gasteiger charge is -2.21. The van der Waals surface area contributed by atoms with E-state index in [1.165, 1.54) is 32.0 Å². The molecule has 7 nitrogen and oxygen atoms in total. The third-order valence-electron chi connectivity index (χ3n) is 3.62. The minimum absolute atomic E-state index is 0.00622. The fourth-order valence-electron chi connectivity index (χ4n) is 1.91. The molecule has 0 aliphatic heterocycles. The van der Waals surface area contributed by atoms with Crippen LogP contribution in [0.5, 0.6) is 0 Å². The molecule has 0 bridgehead atoms. The number of hydrogen-bond acceptors (Lipinski definition) is 4. The van der Waals surface area contributed by atoms with Gasteiger partial charge in [0.1, 0.15) is 5.54 Å². The average Bonchev–Trinajstić information content (AvgIpc) is 3.21. The molecule has 0 radical (unpaired) electrons. The van der Waals surface area contributed by atoms with E-state index < -0.39 is 27.4 Å². The molecule has 0 aromatic heterocycles. The summed E-state index contributed by atoms with van der Waals surface area (Å²) < 4.78 is 27.0. The van der Waals surface area contributed by atoms with E-state index in [-0.39, 0.29) is 16.5 Å². The van der Waals surface area contributed by atoms with Crippen LogP contribution in [0, 0.1) is 6.92 Å². The topological polar surface area (TPSA) is 113 Å². The summed E-state index contributed by atoms with van der Waals surface area (Å²) in [4.78, 5) is 23.4. The zero-order valence-corrected chi connectivity index (χ0v) is 14.0. The van der Waals surface area contributed by atoms with E-state index in [0.29, 0.717) is 5.56 Å². The van der Waals surface area contributed by atoms with Crippen molar-refractivity contribution in [2.45, 2.75) is 50.1 Å². The fourth-order valence-corrected chi connectivity index (χ4v) is 3.24. The number of amides is 1. The highest BCUT2D eigenvalue weighted by atomic mass is 32.2. The monoisotopic (exact) mass is 340 g/mol. The van der Waals surface area contributed by atoms with Gasteiger partial charge in [-0.15, -0.1) is 0 Å². The number of carbonyl (C=O) groups is 2. The van der Waals surface area contributed by atoms with Crippen LogP contribution in [-0.2, 0) is 14.8 Å². The van der Waals surface area contributed by atoms with Crippen LogP contribution in [0.15, 0.2) is 23.1 Å². The van der Waals surface area contributed by atoms with Crippen molar-refractivity contribution in [2.75, 3.05) is 0 Å². The van der Waals surface area contributed by atoms with Crippen molar-refractivity contribution in [3.05, 3.63) is 29.3 Å². The number of carboxylic acid groups (broad SMARTS) is 1. The van der Waals surface area contributed by atoms with Crippen molar-refractivity contribution in [3.63, 3.8) is 0 Å². The maximum atomic E-state index is 12.3. The molecule has 1 aromatic rings. The number of aryl methyl sites for hydroxylation is 1. The van der Waals surface area contributed by atoms with Crippen LogP contribution >= 0.6 is 0 Å². The van der Waals surface area contributed by atoms with E-state index >= 15 is 0 Å². The first-order valence-corrected chi connectivity index (χ1v) is 8.70. The van der Waals surface area contributed by atoms with Crippen LogP contribution < -0.4 is 10.0 Å². The van der Waals surface area contributed by atoms with Gasteiger partial charge in [0.25, 0.3) is 5.91 Å². The van der Waals surface area contributed by atoms with E-state index in [4.69, 9.17) is 5.11 Å².